The lowest BCUT2D eigenvalue weighted by molar-refractivity contribution is -0.384. The van der Waals surface area contributed by atoms with Crippen LogP contribution in [0.3, 0.4) is 0 Å². The normalized spacial score (nSPS) is 11.6. The molecule has 2 rings (SSSR count). The molecule has 30 heavy (non-hydrogen) atoms. The van der Waals surface area contributed by atoms with E-state index in [2.05, 4.69) is 10.5 Å². The number of rotatable bonds is 10. The Hall–Kier alpha value is -3.18. The number of ether oxygens (including phenoxy) is 2. The van der Waals surface area contributed by atoms with E-state index in [1.807, 2.05) is 0 Å². The van der Waals surface area contributed by atoms with Crippen molar-refractivity contribution in [3.05, 3.63) is 52.1 Å². The van der Waals surface area contributed by atoms with Gasteiger partial charge in [-0.3, -0.25) is 15.5 Å². The zero-order valence-corrected chi connectivity index (χ0v) is 18.0. The van der Waals surface area contributed by atoms with Crippen LogP contribution in [0.25, 0.3) is 0 Å². The summed E-state index contributed by atoms with van der Waals surface area (Å²) >= 11 is 0. The lowest BCUT2D eigenvalue weighted by Crippen LogP contribution is -2.30. The van der Waals surface area contributed by atoms with Gasteiger partial charge >= 0.3 is 0 Å². The number of nitrogens with zero attached hydrogens (tertiary/aromatic N) is 3. The molecule has 0 saturated carbocycles. The molecule has 0 unspecified atom stereocenters. The fourth-order valence-corrected chi connectivity index (χ4v) is 4.29. The van der Waals surface area contributed by atoms with Gasteiger partial charge in [-0.05, 0) is 24.3 Å². The Kier molecular flexibility index (Phi) is 7.72. The van der Waals surface area contributed by atoms with Crippen LogP contribution in [0.1, 0.15) is 19.4 Å². The quantitative estimate of drug-likeness (QED) is 0.345. The maximum Gasteiger partial charge on any atom is 0.295 e. The van der Waals surface area contributed by atoms with Crippen LogP contribution in [0.15, 0.2) is 46.4 Å². The topological polar surface area (TPSA) is 123 Å². The third kappa shape index (κ3) is 4.86. The number of para-hydroxylation sites is 1. The first-order chi connectivity index (χ1) is 14.3. The number of nitro groups is 1. The third-order valence-corrected chi connectivity index (χ3v) is 6.38. The van der Waals surface area contributed by atoms with E-state index in [1.165, 1.54) is 36.9 Å². The summed E-state index contributed by atoms with van der Waals surface area (Å²) in [6.07, 6.45) is 1.42. The minimum Gasteiger partial charge on any atom is -0.493 e. The number of nitro benzene ring substituents is 1. The largest absolute Gasteiger partial charge is 0.493 e. The van der Waals surface area contributed by atoms with E-state index in [9.17, 15) is 18.5 Å². The van der Waals surface area contributed by atoms with Gasteiger partial charge < -0.3 is 9.47 Å². The van der Waals surface area contributed by atoms with E-state index >= 15 is 0 Å². The number of anilines is 1. The first-order valence-corrected chi connectivity index (χ1v) is 10.5. The molecule has 0 amide bonds. The Bertz CT molecular complexity index is 1040. The van der Waals surface area contributed by atoms with Crippen molar-refractivity contribution in [2.45, 2.75) is 18.7 Å². The molecule has 0 bridgehead atoms. The number of hydrogen-bond donors (Lipinski definition) is 1. The summed E-state index contributed by atoms with van der Waals surface area (Å²) < 4.78 is 37.0. The molecule has 1 N–H and O–H groups in total. The van der Waals surface area contributed by atoms with Crippen molar-refractivity contribution in [1.29, 1.82) is 0 Å². The molecule has 0 radical (unpaired) electrons. The van der Waals surface area contributed by atoms with Crippen LogP contribution >= 0.6 is 0 Å². The summed E-state index contributed by atoms with van der Waals surface area (Å²) in [6.45, 7) is 3.93. The molecule has 0 fully saturated rings. The van der Waals surface area contributed by atoms with Crippen molar-refractivity contribution in [1.82, 2.24) is 4.31 Å². The highest BCUT2D eigenvalue weighted by Gasteiger charge is 2.25. The zero-order valence-electron chi connectivity index (χ0n) is 17.2. The van der Waals surface area contributed by atoms with Gasteiger partial charge in [-0.1, -0.05) is 19.9 Å². The Morgan fingerprint density at radius 1 is 1.17 bits per heavy atom. The summed E-state index contributed by atoms with van der Waals surface area (Å²) in [5, 5.41) is 15.5. The van der Waals surface area contributed by atoms with E-state index in [0.29, 0.717) is 17.1 Å². The second-order valence-electron chi connectivity index (χ2n) is 5.98. The van der Waals surface area contributed by atoms with Gasteiger partial charge in [0.25, 0.3) is 5.69 Å². The monoisotopic (exact) mass is 436 g/mol. The van der Waals surface area contributed by atoms with Crippen LogP contribution in [0.2, 0.25) is 0 Å². The van der Waals surface area contributed by atoms with Crippen molar-refractivity contribution >= 4 is 27.6 Å². The third-order valence-electron chi connectivity index (χ3n) is 4.33. The molecule has 0 atom stereocenters. The average molecular weight is 436 g/mol. The number of sulfonamides is 1. The highest BCUT2D eigenvalue weighted by molar-refractivity contribution is 7.89. The van der Waals surface area contributed by atoms with Crippen LogP contribution in [-0.4, -0.2) is 51.2 Å². The van der Waals surface area contributed by atoms with Crippen LogP contribution in [-0.2, 0) is 10.0 Å². The van der Waals surface area contributed by atoms with E-state index in [0.717, 1.165) is 6.07 Å². The molecule has 0 saturated heterocycles. The van der Waals surface area contributed by atoms with Crippen LogP contribution in [0, 0.1) is 10.1 Å². The molecule has 0 spiro atoms. The van der Waals surface area contributed by atoms with E-state index in [1.54, 1.807) is 32.0 Å². The molecular weight excluding hydrogens is 412 g/mol. The molecule has 0 aliphatic carbocycles. The first kappa shape index (κ1) is 23.1. The molecule has 11 heteroatoms. The van der Waals surface area contributed by atoms with Crippen molar-refractivity contribution in [2.75, 3.05) is 32.7 Å². The number of nitrogens with one attached hydrogen (secondary N) is 1. The molecule has 162 valence electrons. The van der Waals surface area contributed by atoms with Gasteiger partial charge in [0.15, 0.2) is 11.5 Å². The summed E-state index contributed by atoms with van der Waals surface area (Å²) in [5.41, 5.74) is 2.83. The highest BCUT2D eigenvalue weighted by atomic mass is 32.2. The Balaban J connectivity index is 2.36. The number of benzene rings is 2. The van der Waals surface area contributed by atoms with Gasteiger partial charge in [0.2, 0.25) is 10.0 Å². The average Bonchev–Trinajstić information content (AvgIpc) is 2.74. The minimum absolute atomic E-state index is 0.0524. The first-order valence-electron chi connectivity index (χ1n) is 9.08. The summed E-state index contributed by atoms with van der Waals surface area (Å²) in [6, 6.07) is 8.86. The zero-order chi connectivity index (χ0) is 22.3. The Morgan fingerprint density at radius 2 is 1.87 bits per heavy atom. The number of methoxy groups -OCH3 is 2. The van der Waals surface area contributed by atoms with Crippen LogP contribution < -0.4 is 14.9 Å². The van der Waals surface area contributed by atoms with Gasteiger partial charge in [-0.15, -0.1) is 0 Å². The molecule has 0 heterocycles. The number of hydrogen-bond acceptors (Lipinski definition) is 8. The van der Waals surface area contributed by atoms with E-state index in [4.69, 9.17) is 9.47 Å². The molecule has 2 aromatic carbocycles. The summed E-state index contributed by atoms with van der Waals surface area (Å²) in [5.74, 6) is 0.971. The van der Waals surface area contributed by atoms with Crippen LogP contribution in [0.5, 0.6) is 11.5 Å². The minimum atomic E-state index is -3.82. The van der Waals surface area contributed by atoms with Gasteiger partial charge in [0.05, 0.1) is 30.3 Å². The van der Waals surface area contributed by atoms with Crippen molar-refractivity contribution < 1.29 is 22.8 Å². The molecule has 0 aliphatic rings. The molecule has 0 aliphatic heterocycles. The molecule has 2 aromatic rings. The van der Waals surface area contributed by atoms with Crippen LogP contribution in [0.4, 0.5) is 11.4 Å². The lowest BCUT2D eigenvalue weighted by Gasteiger charge is -2.18. The van der Waals surface area contributed by atoms with Gasteiger partial charge in [0, 0.05) is 24.7 Å². The summed E-state index contributed by atoms with van der Waals surface area (Å²) in [7, 11) is -0.825. The second kappa shape index (κ2) is 10.0. The molecular formula is C19H24N4O6S. The van der Waals surface area contributed by atoms with E-state index in [-0.39, 0.29) is 23.7 Å². The fourth-order valence-electron chi connectivity index (χ4n) is 2.82. The predicted octanol–water partition coefficient (Wildman–Crippen LogP) is 3.09. The second-order valence-corrected chi connectivity index (χ2v) is 7.92. The molecule has 0 aromatic heterocycles. The van der Waals surface area contributed by atoms with E-state index < -0.39 is 20.6 Å². The maximum atomic E-state index is 12.6. The maximum absolute atomic E-state index is 12.6. The lowest BCUT2D eigenvalue weighted by atomic mass is 10.2. The van der Waals surface area contributed by atoms with Crippen molar-refractivity contribution in [3.63, 3.8) is 0 Å². The van der Waals surface area contributed by atoms with Crippen molar-refractivity contribution in [3.8, 4) is 11.5 Å². The Labute approximate surface area is 175 Å². The smallest absolute Gasteiger partial charge is 0.295 e. The Morgan fingerprint density at radius 3 is 2.43 bits per heavy atom. The molecule has 10 nitrogen and oxygen atoms in total. The standard InChI is InChI=1S/C19H24N4O6S/c1-5-22(6-2)30(26,27)15-10-11-16(17(12-15)23(24)25)21-20-13-14-8-7-9-18(28-3)19(14)29-4/h7-13,21H,5-6H2,1-4H3. The summed E-state index contributed by atoms with van der Waals surface area (Å²) in [4.78, 5) is 10.7. The van der Waals surface area contributed by atoms with Crippen molar-refractivity contribution in [2.24, 2.45) is 5.10 Å². The number of hydrazone groups is 1. The highest BCUT2D eigenvalue weighted by Crippen LogP contribution is 2.31. The van der Waals surface area contributed by atoms with Gasteiger partial charge in [0.1, 0.15) is 5.69 Å². The fraction of sp³-hybridized carbons (Fsp3) is 0.316. The van der Waals surface area contributed by atoms with Gasteiger partial charge in [-0.2, -0.15) is 9.41 Å². The SMILES string of the molecule is CCN(CC)S(=O)(=O)c1ccc(NN=Cc2cccc(OC)c2OC)c([N+](=O)[O-])c1. The predicted molar refractivity (Wildman–Crippen MR) is 114 cm³/mol. The van der Waals surface area contributed by atoms with Gasteiger partial charge in [-0.25, -0.2) is 8.42 Å².